The van der Waals surface area contributed by atoms with E-state index in [0.717, 1.165) is 34.1 Å². The Balaban J connectivity index is 0.000000238. The second kappa shape index (κ2) is 37.1. The molecule has 5 aliphatic rings. The number of anilines is 1. The lowest BCUT2D eigenvalue weighted by atomic mass is 9.75. The zero-order chi connectivity index (χ0) is 81.0. The SMILES string of the molecule is C.CC.CC(C)(C)OC(=O)N1Cc2nc(-c3c(F)cccc3F)cc(Cl)c2C1=O.CC1(C)OB(c2ccc([N+](=O)[O-])cc2CO)OC1(C)C.COC(=O)c1cc([N+](=O)[O-])ccc1B1OC(C)(C)C(C)(C)O1.COC(=O)c1cc([N+](=O)[O-])ccc1Br.Nc1ccc2c(c1)COB2O.O=[N+]([O-])c1ccc2c(c1)COB2O. The molecule has 0 atom stereocenters. The fraction of sp³-hybridized carbons (Fsp3) is 0.357. The van der Waals surface area contributed by atoms with Crippen molar-refractivity contribution in [2.75, 3.05) is 20.0 Å². The fourth-order valence-corrected chi connectivity index (χ4v) is 10.9. The lowest BCUT2D eigenvalue weighted by Gasteiger charge is -2.32. The van der Waals surface area contributed by atoms with Crippen LogP contribution in [0.4, 0.5) is 42.0 Å². The summed E-state index contributed by atoms with van der Waals surface area (Å²) < 4.78 is 76.3. The first-order valence-electron chi connectivity index (χ1n) is 32.8. The summed E-state index contributed by atoms with van der Waals surface area (Å²) >= 11 is 9.24. The summed E-state index contributed by atoms with van der Waals surface area (Å²) in [5, 5.41) is 70.3. The molecule has 6 heterocycles. The van der Waals surface area contributed by atoms with Gasteiger partial charge in [0, 0.05) is 58.7 Å². The molecule has 39 heteroatoms. The van der Waals surface area contributed by atoms with Crippen molar-refractivity contribution in [3.63, 3.8) is 0 Å². The second-order valence-electron chi connectivity index (χ2n) is 26.6. The van der Waals surface area contributed by atoms with Crippen molar-refractivity contribution in [3.05, 3.63) is 216 Å². The van der Waals surface area contributed by atoms with E-state index in [4.69, 9.17) is 54.7 Å². The number of hydrogen-bond acceptors (Lipinski definition) is 26. The van der Waals surface area contributed by atoms with E-state index in [0.29, 0.717) is 44.3 Å². The minimum Gasteiger partial charge on any atom is -0.465 e. The number of imide groups is 1. The number of benzene rings is 6. The molecule has 0 saturated carbocycles. The Morgan fingerprint density at radius 1 is 0.624 bits per heavy atom. The number of halogens is 4. The van der Waals surface area contributed by atoms with Gasteiger partial charge in [-0.15, -0.1) is 0 Å². The maximum absolute atomic E-state index is 14.0. The van der Waals surface area contributed by atoms with Crippen LogP contribution in [0, 0.1) is 52.1 Å². The molecule has 2 saturated heterocycles. The second-order valence-corrected chi connectivity index (χ2v) is 27.9. The third kappa shape index (κ3) is 21.8. The van der Waals surface area contributed by atoms with Gasteiger partial charge >= 0.3 is 46.5 Å². The highest BCUT2D eigenvalue weighted by Crippen LogP contribution is 2.39. The number of carbonyl (C=O) groups is 4. The number of nitro groups is 4. The summed E-state index contributed by atoms with van der Waals surface area (Å²) in [5.74, 6) is -3.55. The molecule has 5 N–H and O–H groups in total. The first kappa shape index (κ1) is 89.9. The van der Waals surface area contributed by atoms with E-state index in [9.17, 15) is 83.6 Å². The Morgan fingerprint density at radius 2 is 1.03 bits per heavy atom. The molecule has 6 aromatic carbocycles. The normalized spacial score (nSPS) is 15.4. The van der Waals surface area contributed by atoms with Crippen LogP contribution in [0.1, 0.15) is 151 Å². The number of nitro benzene ring substituents is 4. The standard InChI is InChI=1S/C18H15ClF2N2O3.C14H18BNO6.C13H18BNO5.C8H6BrNO4.C7H6BNO4.C7H8BNO2.C2H6.CH4/c1-18(2,3)26-17(25)23-8-13-14(16(23)24)9(19)7-12(22-13)15-10(20)5-4-6-11(15)21;1-13(2)14(3,4)22-15(21-13)11-7-6-9(16(18)19)8-10(11)12(17)20-5;1-12(2)13(3,4)20-14(19-12)11-6-5-10(15(17)18)7-9(11)8-16;1-14-8(11)6-4-5(10(12)13)2-3-7(6)9;10-8-7-2-1-6(9(11)12)3-5(7)4-13-8;9-6-1-2-7-5(3-6)4-11-8(7)10;1-2;/h4-7H,8H2,1-3H3;6-8H,1-5H3;5-7,16H,8H2,1-4H3;2-4H,1H3;1-3,10H,4H2;1-3,10H,4,9H2;1-2H3;1H4. The molecule has 1 aromatic heterocycles. The number of carbonyl (C=O) groups excluding carboxylic acids is 4. The first-order chi connectivity index (χ1) is 50.4. The molecule has 2 amide bonds. The van der Waals surface area contributed by atoms with E-state index in [-0.39, 0.29) is 88.6 Å². The van der Waals surface area contributed by atoms with Gasteiger partial charge in [0.1, 0.15) is 17.2 Å². The van der Waals surface area contributed by atoms with Gasteiger partial charge in [-0.3, -0.25) is 45.3 Å². The van der Waals surface area contributed by atoms with Crippen LogP contribution in [-0.2, 0) is 68.5 Å². The van der Waals surface area contributed by atoms with Gasteiger partial charge in [-0.25, -0.2) is 33.0 Å². The van der Waals surface area contributed by atoms with Crippen molar-refractivity contribution in [3.8, 4) is 11.3 Å². The van der Waals surface area contributed by atoms with Crippen LogP contribution < -0.4 is 27.6 Å². The Bertz CT molecular complexity index is 4530. The van der Waals surface area contributed by atoms with Crippen LogP contribution in [0.2, 0.25) is 5.02 Å². The molecule has 2 fully saturated rings. The van der Waals surface area contributed by atoms with Gasteiger partial charge in [0.15, 0.2) is 0 Å². The zero-order valence-electron chi connectivity index (χ0n) is 61.3. The van der Waals surface area contributed by atoms with E-state index in [2.05, 4.69) is 25.7 Å². The van der Waals surface area contributed by atoms with Crippen LogP contribution in [0.5, 0.6) is 0 Å². The number of amides is 2. The number of aliphatic hydroxyl groups is 1. The lowest BCUT2D eigenvalue weighted by molar-refractivity contribution is -0.385. The molecule has 12 rings (SSSR count). The number of aliphatic hydroxyl groups excluding tert-OH is 1. The monoisotopic (exact) mass is 1600 g/mol. The number of pyridine rings is 1. The third-order valence-electron chi connectivity index (χ3n) is 17.2. The number of rotatable bonds is 10. The minimum atomic E-state index is -0.934. The topological polar surface area (TPSA) is 427 Å². The number of methoxy groups -OCH3 is 2. The number of fused-ring (bicyclic) bond motifs is 3. The number of nitrogen functional groups attached to an aromatic ring is 1. The summed E-state index contributed by atoms with van der Waals surface area (Å²) in [6.45, 7) is 24.5. The Labute approximate surface area is 640 Å². The van der Waals surface area contributed by atoms with Crippen LogP contribution >= 0.6 is 27.5 Å². The highest BCUT2D eigenvalue weighted by atomic mass is 79.9. The summed E-state index contributed by atoms with van der Waals surface area (Å²) in [6.07, 6.45) is -0.838. The molecule has 0 unspecified atom stereocenters. The maximum Gasteiger partial charge on any atom is 0.495 e. The van der Waals surface area contributed by atoms with Crippen molar-refractivity contribution in [1.29, 1.82) is 0 Å². The van der Waals surface area contributed by atoms with Crippen LogP contribution in [0.15, 0.2) is 120 Å². The molecular formula is C70H81B4BrClF2N7O24. The van der Waals surface area contributed by atoms with Gasteiger partial charge in [-0.05, 0) is 167 Å². The van der Waals surface area contributed by atoms with Gasteiger partial charge < -0.3 is 63.0 Å². The number of aromatic nitrogens is 1. The highest BCUT2D eigenvalue weighted by Gasteiger charge is 2.54. The molecule has 109 heavy (non-hydrogen) atoms. The molecule has 0 aliphatic carbocycles. The third-order valence-corrected chi connectivity index (χ3v) is 18.2. The van der Waals surface area contributed by atoms with Gasteiger partial charge in [-0.1, -0.05) is 63.2 Å². The van der Waals surface area contributed by atoms with Crippen molar-refractivity contribution in [2.24, 2.45) is 0 Å². The van der Waals surface area contributed by atoms with Crippen molar-refractivity contribution < 1.29 is 105 Å². The van der Waals surface area contributed by atoms with Crippen molar-refractivity contribution in [1.82, 2.24) is 9.88 Å². The molecule has 0 bridgehead atoms. The highest BCUT2D eigenvalue weighted by molar-refractivity contribution is 9.10. The minimum absolute atomic E-state index is 0. The van der Waals surface area contributed by atoms with Crippen molar-refractivity contribution >= 4 is 130 Å². The van der Waals surface area contributed by atoms with Crippen LogP contribution in [0.25, 0.3) is 11.3 Å². The quantitative estimate of drug-likeness (QED) is 0.0247. The number of nitrogens with two attached hydrogens (primary N) is 1. The number of non-ortho nitro benzene ring substituents is 4. The Hall–Kier alpha value is -9.72. The van der Waals surface area contributed by atoms with Gasteiger partial charge in [-0.2, -0.15) is 0 Å². The largest absolute Gasteiger partial charge is 0.495 e. The van der Waals surface area contributed by atoms with Gasteiger partial charge in [0.25, 0.3) is 28.7 Å². The number of ether oxygens (including phenoxy) is 3. The number of nitrogens with zero attached hydrogens (tertiary/aromatic N) is 6. The van der Waals surface area contributed by atoms with Crippen LogP contribution in [-0.4, -0.2) is 139 Å². The van der Waals surface area contributed by atoms with E-state index < -0.39 is 112 Å². The maximum atomic E-state index is 14.0. The molecule has 7 aromatic rings. The first-order valence-corrected chi connectivity index (χ1v) is 34.0. The predicted octanol–water partition coefficient (Wildman–Crippen LogP) is 10.7. The molecule has 0 spiro atoms. The molecule has 5 aliphatic heterocycles. The average molecular weight is 1600 g/mol. The van der Waals surface area contributed by atoms with Gasteiger partial charge in [0.05, 0.1) is 121 Å². The summed E-state index contributed by atoms with van der Waals surface area (Å²) in [6, 6.07) is 26.5. The Kier molecular flexibility index (Phi) is 30.6. The smallest absolute Gasteiger partial charge is 0.465 e. The Morgan fingerprint density at radius 3 is 1.49 bits per heavy atom. The molecule has 0 radical (unpaired) electrons. The molecule has 580 valence electrons. The number of esters is 2. The lowest BCUT2D eigenvalue weighted by Crippen LogP contribution is -2.41. The fourth-order valence-electron chi connectivity index (χ4n) is 10.2. The molecule has 31 nitrogen and oxygen atoms in total. The average Bonchev–Trinajstić information content (AvgIpc) is 1.63. The summed E-state index contributed by atoms with van der Waals surface area (Å²) in [5.41, 5.74) is 7.53. The summed E-state index contributed by atoms with van der Waals surface area (Å²) in [4.78, 5) is 93.1. The van der Waals surface area contributed by atoms with E-state index in [1.165, 1.54) is 87.0 Å². The summed E-state index contributed by atoms with van der Waals surface area (Å²) in [7, 11) is -0.688. The van der Waals surface area contributed by atoms with Gasteiger partial charge in [0.2, 0.25) is 0 Å². The molecular weight excluding hydrogens is 1520 g/mol. The number of hydrogen-bond donors (Lipinski definition) is 4. The zero-order valence-corrected chi connectivity index (χ0v) is 63.6. The van der Waals surface area contributed by atoms with E-state index in [1.807, 2.05) is 75.3 Å². The van der Waals surface area contributed by atoms with Crippen molar-refractivity contribution in [2.45, 2.75) is 152 Å². The van der Waals surface area contributed by atoms with E-state index >= 15 is 0 Å². The van der Waals surface area contributed by atoms with Crippen LogP contribution in [0.3, 0.4) is 0 Å². The predicted molar refractivity (Wildman–Crippen MR) is 405 cm³/mol. The van der Waals surface area contributed by atoms with E-state index in [1.54, 1.807) is 39.0 Å².